The smallest absolute Gasteiger partial charge is 0.329 e. The van der Waals surface area contributed by atoms with Gasteiger partial charge in [-0.1, -0.05) is 12.1 Å². The number of allylic oxidation sites excluding steroid dienone is 1. The average Bonchev–Trinajstić information content (AvgIpc) is 3.36. The number of sulfonamides is 1. The summed E-state index contributed by atoms with van der Waals surface area (Å²) in [5.74, 6) is 0. The molecule has 2 bridgehead atoms. The van der Waals surface area contributed by atoms with Crippen LogP contribution in [0, 0.1) is 0 Å². The van der Waals surface area contributed by atoms with Crippen LogP contribution in [0.2, 0.25) is 0 Å². The van der Waals surface area contributed by atoms with Crippen LogP contribution in [0.1, 0.15) is 37.4 Å². The zero-order chi connectivity index (χ0) is 27.5. The number of nitrogens with one attached hydrogen (secondary N) is 1. The van der Waals surface area contributed by atoms with Crippen molar-refractivity contribution in [2.45, 2.75) is 43.8 Å². The van der Waals surface area contributed by atoms with Crippen LogP contribution in [0.15, 0.2) is 53.7 Å². The van der Waals surface area contributed by atoms with Crippen LogP contribution < -0.4 is 16.4 Å². The highest BCUT2D eigenvalue weighted by Gasteiger charge is 2.46. The predicted octanol–water partition coefficient (Wildman–Crippen LogP) is 1.16. The van der Waals surface area contributed by atoms with Crippen LogP contribution in [0.3, 0.4) is 0 Å². The number of nitrogens with two attached hydrogens (primary N) is 1. The normalized spacial score (nSPS) is 22.4. The highest BCUT2D eigenvalue weighted by atomic mass is 32.2. The average molecular weight is 547 g/mol. The molecule has 5 heterocycles. The van der Waals surface area contributed by atoms with Crippen LogP contribution in [0.4, 0.5) is 0 Å². The van der Waals surface area contributed by atoms with Crippen molar-refractivity contribution in [1.29, 1.82) is 0 Å². The maximum Gasteiger partial charge on any atom is 0.329 e. The Bertz CT molecular complexity index is 1810. The minimum atomic E-state index is -3.29. The molecule has 2 unspecified atom stereocenters. The molecule has 0 amide bonds. The number of piperidine rings is 1. The highest BCUT2D eigenvalue weighted by molar-refractivity contribution is 7.88. The fraction of sp³-hybridized carbons (Fsp3) is 0.357. The number of nitrogens with zero attached hydrogens (tertiary/aromatic N) is 5. The molecule has 2 atom stereocenters. The van der Waals surface area contributed by atoms with E-state index in [2.05, 4.69) is 21.0 Å². The molecule has 0 radical (unpaired) electrons. The maximum atomic E-state index is 13.6. The Kier molecular flexibility index (Phi) is 6.15. The predicted molar refractivity (Wildman–Crippen MR) is 153 cm³/mol. The largest absolute Gasteiger partial charge is 0.404 e. The summed E-state index contributed by atoms with van der Waals surface area (Å²) >= 11 is 0. The van der Waals surface area contributed by atoms with E-state index < -0.39 is 10.0 Å². The Morgan fingerprint density at radius 2 is 1.77 bits per heavy atom. The molecular formula is C28H32N7O3S+. The van der Waals surface area contributed by atoms with Gasteiger partial charge in [0.05, 0.1) is 40.3 Å². The van der Waals surface area contributed by atoms with E-state index in [1.807, 2.05) is 42.1 Å². The fourth-order valence-corrected chi connectivity index (χ4v) is 7.97. The van der Waals surface area contributed by atoms with Crippen molar-refractivity contribution in [3.8, 4) is 11.1 Å². The first-order valence-electron chi connectivity index (χ1n) is 13.1. The highest BCUT2D eigenvalue weighted by Crippen LogP contribution is 2.43. The van der Waals surface area contributed by atoms with Gasteiger partial charge in [-0.3, -0.25) is 24.1 Å². The standard InChI is InChI=1S/C28H31N7O3S/c1-30-14-19(13-29)24-8-5-18(15-31-24)17-4-9-25-23(10-17)27-26(16-32-25)33(2)28(36)34(27)22-11-20-6-7-21(12-22)35(20)39(3,37)38/h4-5,8-10,13-16,20-22H,6-7,11-12,29H2,1-3H3/p+1. The summed E-state index contributed by atoms with van der Waals surface area (Å²) in [7, 11) is 0.290. The third-order valence-electron chi connectivity index (χ3n) is 8.18. The monoisotopic (exact) mass is 546 g/mol. The van der Waals surface area contributed by atoms with Gasteiger partial charge < -0.3 is 5.73 Å². The summed E-state index contributed by atoms with van der Waals surface area (Å²) in [4.78, 5) is 25.8. The van der Waals surface area contributed by atoms with Crippen molar-refractivity contribution in [2.24, 2.45) is 12.8 Å². The summed E-state index contributed by atoms with van der Waals surface area (Å²) in [6.45, 7) is 0. The molecule has 202 valence electrons. The van der Waals surface area contributed by atoms with E-state index in [1.165, 1.54) is 12.5 Å². The molecule has 2 aliphatic heterocycles. The summed E-state index contributed by atoms with van der Waals surface area (Å²) in [5, 5.41) is 0.885. The molecule has 6 rings (SSSR count). The topological polar surface area (TPSA) is 130 Å². The van der Waals surface area contributed by atoms with Crippen LogP contribution in [0.5, 0.6) is 0 Å². The lowest BCUT2D eigenvalue weighted by atomic mass is 9.98. The van der Waals surface area contributed by atoms with Gasteiger partial charge in [-0.2, -0.15) is 4.31 Å². The quantitative estimate of drug-likeness (QED) is 0.362. The van der Waals surface area contributed by atoms with E-state index in [4.69, 9.17) is 5.73 Å². The van der Waals surface area contributed by atoms with E-state index >= 15 is 0 Å². The van der Waals surface area contributed by atoms with Gasteiger partial charge in [-0.15, -0.1) is 0 Å². The lowest BCUT2D eigenvalue weighted by Gasteiger charge is -2.37. The minimum Gasteiger partial charge on any atom is -0.404 e. The van der Waals surface area contributed by atoms with E-state index in [-0.39, 0.29) is 23.8 Å². The molecule has 2 aliphatic rings. The van der Waals surface area contributed by atoms with Crippen LogP contribution in [0.25, 0.3) is 38.6 Å². The van der Waals surface area contributed by atoms with E-state index in [1.54, 1.807) is 28.3 Å². The zero-order valence-corrected chi connectivity index (χ0v) is 23.0. The molecule has 2 saturated heterocycles. The molecule has 0 spiro atoms. The van der Waals surface area contributed by atoms with Gasteiger partial charge in [0.2, 0.25) is 10.0 Å². The second-order valence-electron chi connectivity index (χ2n) is 10.5. The van der Waals surface area contributed by atoms with Crippen LogP contribution in [-0.2, 0) is 17.1 Å². The van der Waals surface area contributed by atoms with Crippen molar-refractivity contribution in [3.05, 3.63) is 65.1 Å². The number of rotatable bonds is 5. The molecule has 11 heteroatoms. The lowest BCUT2D eigenvalue weighted by Crippen LogP contribution is -2.63. The molecule has 39 heavy (non-hydrogen) atoms. The Morgan fingerprint density at radius 3 is 2.38 bits per heavy atom. The van der Waals surface area contributed by atoms with Crippen molar-refractivity contribution < 1.29 is 13.4 Å². The molecule has 3 N–H and O–H groups in total. The summed E-state index contributed by atoms with van der Waals surface area (Å²) < 4.78 is 30.1. The summed E-state index contributed by atoms with van der Waals surface area (Å²) in [6, 6.07) is 9.73. The van der Waals surface area contributed by atoms with Crippen molar-refractivity contribution in [1.82, 2.24) is 23.4 Å². The van der Waals surface area contributed by atoms with E-state index in [9.17, 15) is 13.2 Å². The molecule has 3 aromatic heterocycles. The molecule has 4 aromatic rings. The number of benzene rings is 1. The molecule has 10 nitrogen and oxygen atoms in total. The first kappa shape index (κ1) is 25.4. The van der Waals surface area contributed by atoms with Crippen molar-refractivity contribution in [3.63, 3.8) is 0 Å². The number of pyridine rings is 2. The fourth-order valence-electron chi connectivity index (χ4n) is 6.50. The number of imidazole rings is 1. The van der Waals surface area contributed by atoms with Gasteiger partial charge in [0.1, 0.15) is 7.05 Å². The SMILES string of the molecule is C[NH+]=CC(=CN)c1ccc(-c2ccc3ncc4c(c3c2)n(C2CC3CCC(C2)N3S(C)(=O)=O)c(=O)n4C)cn1. The molecular weight excluding hydrogens is 514 g/mol. The molecule has 2 fully saturated rings. The third kappa shape index (κ3) is 4.16. The van der Waals surface area contributed by atoms with Crippen LogP contribution in [-0.4, -0.2) is 63.4 Å². The van der Waals surface area contributed by atoms with Crippen LogP contribution >= 0.6 is 0 Å². The second kappa shape index (κ2) is 9.42. The zero-order valence-electron chi connectivity index (χ0n) is 22.2. The van der Waals surface area contributed by atoms with Crippen molar-refractivity contribution >= 4 is 43.7 Å². The first-order valence-corrected chi connectivity index (χ1v) is 14.9. The number of aryl methyl sites for hydroxylation is 1. The Balaban J connectivity index is 1.46. The molecule has 1 aromatic carbocycles. The number of hydrogen-bond acceptors (Lipinski definition) is 6. The van der Waals surface area contributed by atoms with Crippen molar-refractivity contribution in [2.75, 3.05) is 13.3 Å². The van der Waals surface area contributed by atoms with E-state index in [0.29, 0.717) is 12.8 Å². The van der Waals surface area contributed by atoms with Gasteiger partial charge >= 0.3 is 5.69 Å². The lowest BCUT2D eigenvalue weighted by molar-refractivity contribution is -0.412. The number of aromatic nitrogens is 4. The second-order valence-corrected chi connectivity index (χ2v) is 12.4. The first-order chi connectivity index (χ1) is 18.7. The number of fused-ring (bicyclic) bond motifs is 5. The third-order valence-corrected chi connectivity index (χ3v) is 9.54. The van der Waals surface area contributed by atoms with Gasteiger partial charge in [-0.25, -0.2) is 13.2 Å². The summed E-state index contributed by atoms with van der Waals surface area (Å²) in [6.07, 6.45) is 11.1. The summed E-state index contributed by atoms with van der Waals surface area (Å²) in [5.41, 5.74) is 11.5. The van der Waals surface area contributed by atoms with Gasteiger partial charge in [0.25, 0.3) is 0 Å². The maximum absolute atomic E-state index is 13.6. The van der Waals surface area contributed by atoms with Gasteiger partial charge in [-0.05, 0) is 49.4 Å². The molecule has 0 saturated carbocycles. The minimum absolute atomic E-state index is 0.0771. The van der Waals surface area contributed by atoms with E-state index in [0.717, 1.165) is 57.2 Å². The Labute approximate surface area is 226 Å². The molecule has 0 aliphatic carbocycles. The number of hydrogen-bond donors (Lipinski definition) is 2. The van der Waals surface area contributed by atoms with Gasteiger partial charge in [0, 0.05) is 48.5 Å². The Hall–Kier alpha value is -3.83. The van der Waals surface area contributed by atoms with Gasteiger partial charge in [0.15, 0.2) is 6.21 Å². The Morgan fingerprint density at radius 1 is 1.05 bits per heavy atom.